The van der Waals surface area contributed by atoms with Crippen LogP contribution in [0.1, 0.15) is 12.5 Å². The third-order valence-corrected chi connectivity index (χ3v) is 4.03. The van der Waals surface area contributed by atoms with Crippen LogP contribution in [0.4, 0.5) is 0 Å². The van der Waals surface area contributed by atoms with Crippen molar-refractivity contribution in [2.75, 3.05) is 26.7 Å². The van der Waals surface area contributed by atoms with E-state index in [0.29, 0.717) is 6.42 Å². The largest absolute Gasteiger partial charge is 0.497 e. The lowest BCUT2D eigenvalue weighted by Crippen LogP contribution is -2.52. The maximum absolute atomic E-state index is 12.5. The van der Waals surface area contributed by atoms with Gasteiger partial charge >= 0.3 is 0 Å². The predicted octanol–water partition coefficient (Wildman–Crippen LogP) is 1.80. The van der Waals surface area contributed by atoms with Crippen LogP contribution in [0.3, 0.4) is 0 Å². The van der Waals surface area contributed by atoms with E-state index in [1.807, 2.05) is 23.1 Å². The fraction of sp³-hybridized carbons (Fsp3) is 0.438. The number of benzene rings is 1. The molecule has 21 heavy (non-hydrogen) atoms. The van der Waals surface area contributed by atoms with E-state index in [0.717, 1.165) is 41.9 Å². The monoisotopic (exact) mass is 288 g/mol. The molecule has 0 aliphatic carbocycles. The Morgan fingerprint density at radius 3 is 3.14 bits per heavy atom. The fourth-order valence-corrected chi connectivity index (χ4v) is 2.80. The minimum absolute atomic E-state index is 0.155. The lowest BCUT2D eigenvalue weighted by molar-refractivity contribution is -0.133. The number of carbonyl (C=O) groups is 1. The van der Waals surface area contributed by atoms with E-state index in [1.165, 1.54) is 0 Å². The minimum atomic E-state index is 0.155. The number of carbonyl (C=O) groups excluding carboxylic acids is 1. The molecule has 1 aromatic carbocycles. The van der Waals surface area contributed by atoms with E-state index >= 15 is 0 Å². The molecule has 0 saturated carbocycles. The first-order valence-corrected chi connectivity index (χ1v) is 7.23. The van der Waals surface area contributed by atoms with Crippen LogP contribution in [0.5, 0.6) is 5.75 Å². The van der Waals surface area contributed by atoms with Crippen LogP contribution >= 0.6 is 0 Å². The summed E-state index contributed by atoms with van der Waals surface area (Å²) < 4.78 is 10.7. The predicted molar refractivity (Wildman–Crippen MR) is 80.5 cm³/mol. The van der Waals surface area contributed by atoms with Crippen molar-refractivity contribution in [1.29, 1.82) is 0 Å². The Morgan fingerprint density at radius 2 is 2.38 bits per heavy atom. The number of nitrogens with one attached hydrogen (secondary N) is 1. The summed E-state index contributed by atoms with van der Waals surface area (Å²) in [5.41, 5.74) is 1.69. The maximum atomic E-state index is 12.5. The average Bonchev–Trinajstić information content (AvgIpc) is 2.89. The number of methoxy groups -OCH3 is 1. The van der Waals surface area contributed by atoms with Gasteiger partial charge in [0, 0.05) is 42.7 Å². The van der Waals surface area contributed by atoms with Crippen LogP contribution in [0.2, 0.25) is 0 Å². The van der Waals surface area contributed by atoms with Crippen LogP contribution in [-0.2, 0) is 11.2 Å². The summed E-state index contributed by atoms with van der Waals surface area (Å²) in [4.78, 5) is 14.4. The number of nitrogens with zero attached hydrogens (tertiary/aromatic N) is 1. The molecule has 1 amide bonds. The minimum Gasteiger partial charge on any atom is -0.497 e. The molecule has 0 radical (unpaired) electrons. The van der Waals surface area contributed by atoms with Gasteiger partial charge in [0.05, 0.1) is 19.8 Å². The fourth-order valence-electron chi connectivity index (χ4n) is 2.80. The quantitative estimate of drug-likeness (QED) is 0.936. The molecular weight excluding hydrogens is 268 g/mol. The van der Waals surface area contributed by atoms with Crippen LogP contribution < -0.4 is 10.1 Å². The average molecular weight is 288 g/mol. The molecule has 1 fully saturated rings. The zero-order valence-corrected chi connectivity index (χ0v) is 12.4. The number of piperazine rings is 1. The van der Waals surface area contributed by atoms with Gasteiger partial charge in [-0.1, -0.05) is 0 Å². The van der Waals surface area contributed by atoms with Crippen LogP contribution in [0.15, 0.2) is 28.9 Å². The van der Waals surface area contributed by atoms with E-state index in [2.05, 4.69) is 12.2 Å². The highest BCUT2D eigenvalue weighted by molar-refractivity contribution is 5.88. The molecule has 1 aliphatic rings. The van der Waals surface area contributed by atoms with Crippen molar-refractivity contribution in [3.05, 3.63) is 30.0 Å². The van der Waals surface area contributed by atoms with Crippen molar-refractivity contribution in [2.45, 2.75) is 19.4 Å². The third-order valence-electron chi connectivity index (χ3n) is 4.03. The molecule has 1 N–H and O–H groups in total. The second-order valence-corrected chi connectivity index (χ2v) is 5.44. The van der Waals surface area contributed by atoms with Crippen LogP contribution in [0, 0.1) is 0 Å². The molecule has 1 saturated heterocycles. The summed E-state index contributed by atoms with van der Waals surface area (Å²) in [6.45, 7) is 4.56. The Balaban J connectivity index is 1.79. The summed E-state index contributed by atoms with van der Waals surface area (Å²) >= 11 is 0. The zero-order chi connectivity index (χ0) is 14.8. The number of ether oxygens (including phenoxy) is 1. The van der Waals surface area contributed by atoms with Gasteiger partial charge in [0.15, 0.2) is 0 Å². The molecule has 0 spiro atoms. The molecule has 1 atom stereocenters. The molecule has 5 nitrogen and oxygen atoms in total. The maximum Gasteiger partial charge on any atom is 0.227 e. The first-order chi connectivity index (χ1) is 10.2. The highest BCUT2D eigenvalue weighted by Gasteiger charge is 2.23. The van der Waals surface area contributed by atoms with Crippen molar-refractivity contribution < 1.29 is 13.9 Å². The van der Waals surface area contributed by atoms with Crippen molar-refractivity contribution in [2.24, 2.45) is 0 Å². The Labute approximate surface area is 123 Å². The van der Waals surface area contributed by atoms with Gasteiger partial charge in [-0.25, -0.2) is 0 Å². The number of amides is 1. The van der Waals surface area contributed by atoms with Crippen molar-refractivity contribution in [3.63, 3.8) is 0 Å². The lowest BCUT2D eigenvalue weighted by atomic mass is 10.1. The molecule has 2 aromatic rings. The lowest BCUT2D eigenvalue weighted by Gasteiger charge is -2.34. The standard InChI is InChI=1S/C16H20N2O3/c1-11-9-17-5-6-18(11)16(19)7-12-10-21-15-8-13(20-2)3-4-14(12)15/h3-4,8,10-11,17H,5-7,9H2,1-2H3/t11-/m0/s1. The van der Waals surface area contributed by atoms with Crippen molar-refractivity contribution in [1.82, 2.24) is 10.2 Å². The van der Waals surface area contributed by atoms with E-state index in [9.17, 15) is 4.79 Å². The Kier molecular flexibility index (Phi) is 3.84. The summed E-state index contributed by atoms with van der Waals surface area (Å²) in [5.74, 6) is 0.910. The summed E-state index contributed by atoms with van der Waals surface area (Å²) in [7, 11) is 1.63. The number of fused-ring (bicyclic) bond motifs is 1. The highest BCUT2D eigenvalue weighted by Crippen LogP contribution is 2.26. The van der Waals surface area contributed by atoms with E-state index in [1.54, 1.807) is 13.4 Å². The first-order valence-electron chi connectivity index (χ1n) is 7.23. The molecule has 0 bridgehead atoms. The molecule has 2 heterocycles. The van der Waals surface area contributed by atoms with Crippen LogP contribution in [0.25, 0.3) is 11.0 Å². The molecule has 1 aromatic heterocycles. The van der Waals surface area contributed by atoms with Gasteiger partial charge in [-0.2, -0.15) is 0 Å². The van der Waals surface area contributed by atoms with E-state index in [4.69, 9.17) is 9.15 Å². The van der Waals surface area contributed by atoms with Gasteiger partial charge < -0.3 is 19.4 Å². The van der Waals surface area contributed by atoms with E-state index in [-0.39, 0.29) is 11.9 Å². The van der Waals surface area contributed by atoms with Gasteiger partial charge in [-0.15, -0.1) is 0 Å². The van der Waals surface area contributed by atoms with Crippen LogP contribution in [-0.4, -0.2) is 43.6 Å². The summed E-state index contributed by atoms with van der Waals surface area (Å²) in [5, 5.41) is 4.27. The number of rotatable bonds is 3. The molecule has 5 heteroatoms. The SMILES string of the molecule is COc1ccc2c(CC(=O)N3CCNC[C@@H]3C)coc2c1. The number of hydrogen-bond acceptors (Lipinski definition) is 4. The van der Waals surface area contributed by atoms with Gasteiger partial charge in [0.2, 0.25) is 5.91 Å². The van der Waals surface area contributed by atoms with Gasteiger partial charge in [-0.05, 0) is 19.1 Å². The Bertz CT molecular complexity index is 650. The normalized spacial score (nSPS) is 19.0. The number of furan rings is 1. The zero-order valence-electron chi connectivity index (χ0n) is 12.4. The first kappa shape index (κ1) is 13.9. The van der Waals surface area contributed by atoms with Gasteiger partial charge in [0.1, 0.15) is 11.3 Å². The topological polar surface area (TPSA) is 54.7 Å². The Morgan fingerprint density at radius 1 is 1.52 bits per heavy atom. The molecule has 112 valence electrons. The Hall–Kier alpha value is -2.01. The molecular formula is C16H20N2O3. The molecule has 1 aliphatic heterocycles. The van der Waals surface area contributed by atoms with E-state index < -0.39 is 0 Å². The van der Waals surface area contributed by atoms with Crippen molar-refractivity contribution in [3.8, 4) is 5.75 Å². The van der Waals surface area contributed by atoms with Gasteiger partial charge in [0.25, 0.3) is 0 Å². The summed E-state index contributed by atoms with van der Waals surface area (Å²) in [6.07, 6.45) is 2.05. The number of hydrogen-bond donors (Lipinski definition) is 1. The second kappa shape index (κ2) is 5.77. The highest BCUT2D eigenvalue weighted by atomic mass is 16.5. The van der Waals surface area contributed by atoms with Gasteiger partial charge in [-0.3, -0.25) is 4.79 Å². The second-order valence-electron chi connectivity index (χ2n) is 5.44. The third kappa shape index (κ3) is 2.74. The molecule has 0 unspecified atom stereocenters. The summed E-state index contributed by atoms with van der Waals surface area (Å²) in [6, 6.07) is 5.92. The molecule has 3 rings (SSSR count). The van der Waals surface area contributed by atoms with Crippen molar-refractivity contribution >= 4 is 16.9 Å². The smallest absolute Gasteiger partial charge is 0.227 e.